The number of hydrogen-bond acceptors (Lipinski definition) is 1. The molecular formula is C15H33N. The van der Waals surface area contributed by atoms with E-state index in [1.54, 1.807) is 0 Å². The van der Waals surface area contributed by atoms with Gasteiger partial charge in [-0.1, -0.05) is 41.0 Å². The van der Waals surface area contributed by atoms with Crippen LogP contribution in [0.15, 0.2) is 0 Å². The molecule has 1 heteroatoms. The smallest absolute Gasteiger partial charge is 0.00534 e. The van der Waals surface area contributed by atoms with E-state index < -0.39 is 0 Å². The van der Waals surface area contributed by atoms with E-state index in [1.165, 1.54) is 32.4 Å². The number of likely N-dealkylation sites (tertiary alicyclic amines) is 1. The maximum absolute atomic E-state index is 2.59. The van der Waals surface area contributed by atoms with Crippen LogP contribution in [0.4, 0.5) is 0 Å². The Labute approximate surface area is 104 Å². The second kappa shape index (κ2) is 7.32. The average molecular weight is 227 g/mol. The Morgan fingerprint density at radius 2 is 1.50 bits per heavy atom. The second-order valence-corrected chi connectivity index (χ2v) is 5.72. The van der Waals surface area contributed by atoms with E-state index in [9.17, 15) is 0 Å². The standard InChI is InChI=1S/C10H19N.C3H8.C2H6/c1-8(2)11-6-10(7-11)4-9(3)5-10;1-3-2;1-2/h8-9H,4-7H2,1-3H3;3H2,1-2H3;1-2H3. The minimum Gasteiger partial charge on any atom is -0.300 e. The Morgan fingerprint density at radius 3 is 1.75 bits per heavy atom. The van der Waals surface area contributed by atoms with E-state index in [4.69, 9.17) is 0 Å². The van der Waals surface area contributed by atoms with Crippen molar-refractivity contribution in [1.29, 1.82) is 0 Å². The summed E-state index contributed by atoms with van der Waals surface area (Å²) in [5.41, 5.74) is 0.795. The molecule has 1 saturated heterocycles. The van der Waals surface area contributed by atoms with Gasteiger partial charge in [-0.3, -0.25) is 4.90 Å². The molecule has 0 aromatic heterocycles. The van der Waals surface area contributed by atoms with Gasteiger partial charge in [0.2, 0.25) is 0 Å². The molecule has 2 fully saturated rings. The number of nitrogens with zero attached hydrogens (tertiary/aromatic N) is 1. The number of hydrogen-bond donors (Lipinski definition) is 0. The highest BCUT2D eigenvalue weighted by atomic mass is 15.2. The van der Waals surface area contributed by atoms with Crippen LogP contribution >= 0.6 is 0 Å². The van der Waals surface area contributed by atoms with Gasteiger partial charge in [-0.25, -0.2) is 0 Å². The summed E-state index contributed by atoms with van der Waals surface area (Å²) < 4.78 is 0. The quantitative estimate of drug-likeness (QED) is 0.634. The molecule has 2 rings (SSSR count). The molecule has 0 amide bonds. The molecule has 0 N–H and O–H groups in total. The summed E-state index contributed by atoms with van der Waals surface area (Å²) in [6.07, 6.45) is 4.24. The van der Waals surface area contributed by atoms with Gasteiger partial charge in [0.1, 0.15) is 0 Å². The van der Waals surface area contributed by atoms with Crippen molar-refractivity contribution < 1.29 is 0 Å². The lowest BCUT2D eigenvalue weighted by Crippen LogP contribution is -2.63. The maximum Gasteiger partial charge on any atom is 0.00534 e. The minimum atomic E-state index is 0.775. The zero-order chi connectivity index (χ0) is 12.8. The fourth-order valence-electron chi connectivity index (χ4n) is 2.86. The Balaban J connectivity index is 0.000000394. The van der Waals surface area contributed by atoms with Crippen molar-refractivity contribution in [3.8, 4) is 0 Å². The molecule has 0 aromatic rings. The molecule has 1 aliphatic heterocycles. The highest BCUT2D eigenvalue weighted by molar-refractivity contribution is 5.03. The van der Waals surface area contributed by atoms with Gasteiger partial charge in [-0.05, 0) is 38.0 Å². The van der Waals surface area contributed by atoms with Crippen LogP contribution in [0.25, 0.3) is 0 Å². The third-order valence-electron chi connectivity index (χ3n) is 3.37. The fraction of sp³-hybridized carbons (Fsp3) is 1.00. The Kier molecular flexibility index (Phi) is 7.30. The lowest BCUT2D eigenvalue weighted by atomic mass is 9.58. The summed E-state index contributed by atoms with van der Waals surface area (Å²) in [4.78, 5) is 2.59. The first-order valence-corrected chi connectivity index (χ1v) is 7.27. The van der Waals surface area contributed by atoms with E-state index in [-0.39, 0.29) is 0 Å². The zero-order valence-corrected chi connectivity index (χ0v) is 12.6. The molecule has 98 valence electrons. The van der Waals surface area contributed by atoms with Crippen molar-refractivity contribution in [2.24, 2.45) is 11.3 Å². The lowest BCUT2D eigenvalue weighted by molar-refractivity contribution is -0.102. The molecule has 0 atom stereocenters. The van der Waals surface area contributed by atoms with Crippen molar-refractivity contribution in [3.05, 3.63) is 0 Å². The van der Waals surface area contributed by atoms with Crippen LogP contribution in [0.3, 0.4) is 0 Å². The van der Waals surface area contributed by atoms with Gasteiger partial charge in [0, 0.05) is 19.1 Å². The van der Waals surface area contributed by atoms with Crippen molar-refractivity contribution in [3.63, 3.8) is 0 Å². The minimum absolute atomic E-state index is 0.775. The van der Waals surface area contributed by atoms with E-state index in [1.807, 2.05) is 13.8 Å². The molecule has 0 bridgehead atoms. The molecule has 1 saturated carbocycles. The first kappa shape index (κ1) is 16.0. The summed E-state index contributed by atoms with van der Waals surface area (Å²) in [6.45, 7) is 18.0. The molecular weight excluding hydrogens is 194 g/mol. The molecule has 0 aromatic carbocycles. The Bertz CT molecular complexity index is 160. The van der Waals surface area contributed by atoms with E-state index in [0.29, 0.717) is 0 Å². The number of rotatable bonds is 1. The van der Waals surface area contributed by atoms with Gasteiger partial charge in [0.05, 0.1) is 0 Å². The SMILES string of the molecule is CC.CC1CC2(C1)CN(C(C)C)C2.CCC. The largest absolute Gasteiger partial charge is 0.300 e. The fourth-order valence-corrected chi connectivity index (χ4v) is 2.86. The summed E-state index contributed by atoms with van der Waals surface area (Å²) in [7, 11) is 0. The van der Waals surface area contributed by atoms with E-state index in [2.05, 4.69) is 39.5 Å². The lowest BCUT2D eigenvalue weighted by Gasteiger charge is -2.60. The third kappa shape index (κ3) is 4.08. The first-order valence-electron chi connectivity index (χ1n) is 7.27. The normalized spacial score (nSPS) is 22.5. The van der Waals surface area contributed by atoms with Crippen molar-refractivity contribution in [2.75, 3.05) is 13.1 Å². The van der Waals surface area contributed by atoms with Crippen LogP contribution in [-0.4, -0.2) is 24.0 Å². The third-order valence-corrected chi connectivity index (χ3v) is 3.37. The van der Waals surface area contributed by atoms with E-state index >= 15 is 0 Å². The van der Waals surface area contributed by atoms with Crippen molar-refractivity contribution in [1.82, 2.24) is 4.90 Å². The predicted octanol–water partition coefficient (Wildman–Crippen LogP) is 4.57. The summed E-state index contributed by atoms with van der Waals surface area (Å²) in [5.74, 6) is 1.02. The average Bonchev–Trinajstić information content (AvgIpc) is 2.13. The molecule has 1 heterocycles. The van der Waals surface area contributed by atoms with Gasteiger partial charge in [-0.15, -0.1) is 0 Å². The summed E-state index contributed by atoms with van der Waals surface area (Å²) in [5, 5.41) is 0. The molecule has 0 unspecified atom stereocenters. The topological polar surface area (TPSA) is 3.24 Å². The van der Waals surface area contributed by atoms with Crippen LogP contribution in [0.2, 0.25) is 0 Å². The highest BCUT2D eigenvalue weighted by Gasteiger charge is 2.50. The van der Waals surface area contributed by atoms with Crippen molar-refractivity contribution in [2.45, 2.75) is 73.8 Å². The zero-order valence-electron chi connectivity index (χ0n) is 12.6. The Morgan fingerprint density at radius 1 is 1.12 bits per heavy atom. The van der Waals surface area contributed by atoms with Crippen LogP contribution in [0.5, 0.6) is 0 Å². The monoisotopic (exact) mass is 227 g/mol. The molecule has 1 spiro atoms. The molecule has 1 aliphatic carbocycles. The van der Waals surface area contributed by atoms with Crippen LogP contribution in [0.1, 0.15) is 67.7 Å². The molecule has 2 aliphatic rings. The molecule has 1 nitrogen and oxygen atoms in total. The van der Waals surface area contributed by atoms with Crippen LogP contribution in [0, 0.1) is 11.3 Å². The van der Waals surface area contributed by atoms with Gasteiger partial charge >= 0.3 is 0 Å². The summed E-state index contributed by atoms with van der Waals surface area (Å²) in [6, 6.07) is 0.775. The predicted molar refractivity (Wildman–Crippen MR) is 74.9 cm³/mol. The summed E-state index contributed by atoms with van der Waals surface area (Å²) >= 11 is 0. The highest BCUT2D eigenvalue weighted by Crippen LogP contribution is 2.51. The Hall–Kier alpha value is -0.0400. The van der Waals surface area contributed by atoms with Gasteiger partial charge in [0.15, 0.2) is 0 Å². The van der Waals surface area contributed by atoms with Gasteiger partial charge in [-0.2, -0.15) is 0 Å². The van der Waals surface area contributed by atoms with Crippen LogP contribution in [-0.2, 0) is 0 Å². The van der Waals surface area contributed by atoms with Crippen molar-refractivity contribution >= 4 is 0 Å². The van der Waals surface area contributed by atoms with E-state index in [0.717, 1.165) is 17.4 Å². The van der Waals surface area contributed by atoms with Gasteiger partial charge < -0.3 is 0 Å². The first-order chi connectivity index (χ1) is 7.53. The molecule has 0 radical (unpaired) electrons. The van der Waals surface area contributed by atoms with Gasteiger partial charge in [0.25, 0.3) is 0 Å². The van der Waals surface area contributed by atoms with Crippen LogP contribution < -0.4 is 0 Å². The molecule has 16 heavy (non-hydrogen) atoms. The maximum atomic E-state index is 2.59. The second-order valence-electron chi connectivity index (χ2n) is 5.72.